The van der Waals surface area contributed by atoms with Gasteiger partial charge in [-0.15, -0.1) is 0 Å². The number of hydrogen-bond acceptors (Lipinski definition) is 5. The first-order valence-corrected chi connectivity index (χ1v) is 8.36. The average Bonchev–Trinajstić information content (AvgIpc) is 2.85. The van der Waals surface area contributed by atoms with E-state index in [1.54, 1.807) is 12.1 Å². The number of rotatable bonds is 6. The van der Waals surface area contributed by atoms with E-state index in [0.717, 1.165) is 16.9 Å². The summed E-state index contributed by atoms with van der Waals surface area (Å²) in [6, 6.07) is 12.2. The third-order valence-electron chi connectivity index (χ3n) is 4.06. The van der Waals surface area contributed by atoms with Gasteiger partial charge in [0.2, 0.25) is 0 Å². The molecule has 0 saturated heterocycles. The number of ether oxygens (including phenoxy) is 1. The highest BCUT2D eigenvalue weighted by Crippen LogP contribution is 2.23. The second kappa shape index (κ2) is 7.39. The second-order valence-corrected chi connectivity index (χ2v) is 6.13. The van der Waals surface area contributed by atoms with Crippen molar-refractivity contribution in [3.8, 4) is 5.75 Å². The van der Waals surface area contributed by atoms with Crippen LogP contribution in [-0.2, 0) is 9.63 Å². The molecule has 0 atom stereocenters. The third-order valence-corrected chi connectivity index (χ3v) is 4.06. The van der Waals surface area contributed by atoms with E-state index in [2.05, 4.69) is 0 Å². The van der Waals surface area contributed by atoms with E-state index in [0.29, 0.717) is 18.1 Å². The molecular weight excluding hydrogens is 334 g/mol. The van der Waals surface area contributed by atoms with Gasteiger partial charge in [0.15, 0.2) is 0 Å². The topological polar surface area (TPSA) is 72.9 Å². The fourth-order valence-electron chi connectivity index (χ4n) is 2.76. The maximum absolute atomic E-state index is 12.1. The highest BCUT2D eigenvalue weighted by Gasteiger charge is 2.38. The summed E-state index contributed by atoms with van der Waals surface area (Å²) in [5.74, 6) is -1.12. The van der Waals surface area contributed by atoms with Gasteiger partial charge in [-0.05, 0) is 44.0 Å². The van der Waals surface area contributed by atoms with Crippen LogP contribution in [0.15, 0.2) is 42.5 Å². The SMILES string of the molecule is Cc1ccc(OCCCC(=O)ON2C(=O)c3ccccc3C2=O)c(C)c1. The lowest BCUT2D eigenvalue weighted by Crippen LogP contribution is -2.32. The van der Waals surface area contributed by atoms with Crippen molar-refractivity contribution < 1.29 is 24.0 Å². The molecule has 0 bridgehead atoms. The molecule has 3 rings (SSSR count). The van der Waals surface area contributed by atoms with Crippen molar-refractivity contribution in [1.82, 2.24) is 5.06 Å². The van der Waals surface area contributed by atoms with Crippen molar-refractivity contribution in [2.24, 2.45) is 0 Å². The Labute approximate surface area is 151 Å². The summed E-state index contributed by atoms with van der Waals surface area (Å²) in [7, 11) is 0. The molecule has 134 valence electrons. The van der Waals surface area contributed by atoms with Crippen LogP contribution in [0.2, 0.25) is 0 Å². The Morgan fingerprint density at radius 1 is 1.00 bits per heavy atom. The van der Waals surface area contributed by atoms with Gasteiger partial charge in [0.1, 0.15) is 5.75 Å². The second-order valence-electron chi connectivity index (χ2n) is 6.13. The highest BCUT2D eigenvalue weighted by atomic mass is 16.7. The number of imide groups is 1. The first-order valence-electron chi connectivity index (χ1n) is 8.36. The fourth-order valence-corrected chi connectivity index (χ4v) is 2.76. The molecule has 2 aromatic rings. The van der Waals surface area contributed by atoms with E-state index in [9.17, 15) is 14.4 Å². The number of carbonyl (C=O) groups is 3. The Morgan fingerprint density at radius 2 is 1.65 bits per heavy atom. The van der Waals surface area contributed by atoms with Crippen molar-refractivity contribution >= 4 is 17.8 Å². The summed E-state index contributed by atoms with van der Waals surface area (Å²) in [4.78, 5) is 41.1. The number of amides is 2. The normalized spacial score (nSPS) is 12.9. The summed E-state index contributed by atoms with van der Waals surface area (Å²) in [5.41, 5.74) is 2.66. The lowest BCUT2D eigenvalue weighted by Gasteiger charge is -2.13. The Kier molecular flexibility index (Phi) is 5.02. The van der Waals surface area contributed by atoms with Crippen molar-refractivity contribution in [3.63, 3.8) is 0 Å². The van der Waals surface area contributed by atoms with Gasteiger partial charge in [-0.1, -0.05) is 34.9 Å². The van der Waals surface area contributed by atoms with Gasteiger partial charge in [0.25, 0.3) is 11.8 Å². The van der Waals surface area contributed by atoms with Gasteiger partial charge in [-0.3, -0.25) is 9.59 Å². The van der Waals surface area contributed by atoms with Crippen LogP contribution in [0.4, 0.5) is 0 Å². The van der Waals surface area contributed by atoms with Crippen LogP contribution in [0.5, 0.6) is 5.75 Å². The molecule has 2 aromatic carbocycles. The molecule has 0 unspecified atom stereocenters. The summed E-state index contributed by atoms with van der Waals surface area (Å²) in [5, 5.41) is 0.526. The summed E-state index contributed by atoms with van der Waals surface area (Å²) < 4.78 is 5.65. The molecule has 1 aliphatic rings. The van der Waals surface area contributed by atoms with Crippen LogP contribution in [0, 0.1) is 13.8 Å². The number of carbonyl (C=O) groups excluding carboxylic acids is 3. The Bertz CT molecular complexity index is 839. The van der Waals surface area contributed by atoms with E-state index >= 15 is 0 Å². The molecule has 0 N–H and O–H groups in total. The van der Waals surface area contributed by atoms with Crippen LogP contribution in [0.1, 0.15) is 44.7 Å². The number of fused-ring (bicyclic) bond motifs is 1. The van der Waals surface area contributed by atoms with E-state index in [1.165, 1.54) is 12.1 Å². The predicted molar refractivity (Wildman–Crippen MR) is 93.7 cm³/mol. The monoisotopic (exact) mass is 353 g/mol. The summed E-state index contributed by atoms with van der Waals surface area (Å²) >= 11 is 0. The molecule has 0 aromatic heterocycles. The van der Waals surface area contributed by atoms with Crippen LogP contribution in [0.25, 0.3) is 0 Å². The molecule has 2 amide bonds. The molecule has 0 radical (unpaired) electrons. The molecule has 1 aliphatic heterocycles. The first kappa shape index (κ1) is 17.7. The lowest BCUT2D eigenvalue weighted by atomic mass is 10.1. The minimum absolute atomic E-state index is 0.0400. The van der Waals surface area contributed by atoms with Gasteiger partial charge < -0.3 is 9.57 Å². The number of hydrogen-bond donors (Lipinski definition) is 0. The van der Waals surface area contributed by atoms with E-state index in [4.69, 9.17) is 9.57 Å². The van der Waals surface area contributed by atoms with Gasteiger partial charge >= 0.3 is 5.97 Å². The number of nitrogens with zero attached hydrogens (tertiary/aromatic N) is 1. The summed E-state index contributed by atoms with van der Waals surface area (Å²) in [6.07, 6.45) is 0.452. The van der Waals surface area contributed by atoms with E-state index < -0.39 is 17.8 Å². The van der Waals surface area contributed by atoms with E-state index in [-0.39, 0.29) is 17.5 Å². The predicted octanol–water partition coefficient (Wildman–Crippen LogP) is 3.22. The molecule has 6 heteroatoms. The molecule has 0 spiro atoms. The van der Waals surface area contributed by atoms with E-state index in [1.807, 2.05) is 32.0 Å². The molecular formula is C20H19NO5. The maximum Gasteiger partial charge on any atom is 0.333 e. The Balaban J connectivity index is 1.48. The fraction of sp³-hybridized carbons (Fsp3) is 0.250. The number of aryl methyl sites for hydroxylation is 2. The third kappa shape index (κ3) is 3.59. The Hall–Kier alpha value is -3.15. The summed E-state index contributed by atoms with van der Waals surface area (Å²) in [6.45, 7) is 4.30. The zero-order valence-corrected chi connectivity index (χ0v) is 14.7. The number of hydroxylamine groups is 2. The molecule has 0 fully saturated rings. The van der Waals surface area contributed by atoms with Gasteiger partial charge in [0.05, 0.1) is 24.2 Å². The van der Waals surface area contributed by atoms with Crippen molar-refractivity contribution in [3.05, 3.63) is 64.7 Å². The molecule has 6 nitrogen and oxygen atoms in total. The van der Waals surface area contributed by atoms with Crippen molar-refractivity contribution in [1.29, 1.82) is 0 Å². The quantitative estimate of drug-likeness (QED) is 0.589. The largest absolute Gasteiger partial charge is 0.493 e. The standard InChI is InChI=1S/C20H19NO5/c1-13-9-10-17(14(2)12-13)25-11-5-8-18(22)26-21-19(23)15-6-3-4-7-16(15)20(21)24/h3-4,6-7,9-10,12H,5,8,11H2,1-2H3. The zero-order valence-electron chi connectivity index (χ0n) is 14.7. The highest BCUT2D eigenvalue weighted by molar-refractivity contribution is 6.20. The van der Waals surface area contributed by atoms with Gasteiger partial charge in [-0.2, -0.15) is 0 Å². The Morgan fingerprint density at radius 3 is 2.27 bits per heavy atom. The smallest absolute Gasteiger partial charge is 0.333 e. The van der Waals surface area contributed by atoms with Crippen LogP contribution in [0.3, 0.4) is 0 Å². The van der Waals surface area contributed by atoms with Gasteiger partial charge in [-0.25, -0.2) is 4.79 Å². The first-order chi connectivity index (χ1) is 12.5. The zero-order chi connectivity index (χ0) is 18.7. The average molecular weight is 353 g/mol. The van der Waals surface area contributed by atoms with Crippen molar-refractivity contribution in [2.45, 2.75) is 26.7 Å². The minimum atomic E-state index is -0.649. The van der Waals surface area contributed by atoms with Crippen LogP contribution >= 0.6 is 0 Å². The van der Waals surface area contributed by atoms with Crippen LogP contribution in [-0.4, -0.2) is 29.5 Å². The van der Waals surface area contributed by atoms with Gasteiger partial charge in [0, 0.05) is 0 Å². The van der Waals surface area contributed by atoms with Crippen molar-refractivity contribution in [2.75, 3.05) is 6.61 Å². The van der Waals surface area contributed by atoms with Crippen LogP contribution < -0.4 is 4.74 Å². The molecule has 0 aliphatic carbocycles. The molecule has 0 saturated carbocycles. The molecule has 1 heterocycles. The minimum Gasteiger partial charge on any atom is -0.493 e. The molecule has 26 heavy (non-hydrogen) atoms. The maximum atomic E-state index is 12.1. The lowest BCUT2D eigenvalue weighted by molar-refractivity contribution is -0.168. The number of benzene rings is 2.